The molecule has 41 heavy (non-hydrogen) atoms. The molecule has 3 rings (SSSR count). The Morgan fingerprint density at radius 2 is 1.24 bits per heavy atom. The largest absolute Gasteiger partial charge is 0.384 e. The van der Waals surface area contributed by atoms with E-state index in [2.05, 4.69) is 16.0 Å². The number of nitrogen functional groups attached to an aromatic ring is 1. The van der Waals surface area contributed by atoms with Crippen molar-refractivity contribution >= 4 is 29.5 Å². The van der Waals surface area contributed by atoms with Crippen molar-refractivity contribution in [2.75, 3.05) is 6.54 Å². The lowest BCUT2D eigenvalue weighted by atomic mass is 10.0. The number of carbonyl (C=O) groups excluding carboxylic acids is 4. The highest BCUT2D eigenvalue weighted by molar-refractivity contribution is 5.99. The summed E-state index contributed by atoms with van der Waals surface area (Å²) in [5.74, 6) is -2.65. The van der Waals surface area contributed by atoms with Gasteiger partial charge in [0.1, 0.15) is 24.0 Å². The Labute approximate surface area is 238 Å². The van der Waals surface area contributed by atoms with Gasteiger partial charge in [-0.2, -0.15) is 0 Å². The molecule has 0 saturated heterocycles. The van der Waals surface area contributed by atoms with Crippen LogP contribution in [0.5, 0.6) is 0 Å². The molecule has 0 saturated carbocycles. The molecule has 0 unspecified atom stereocenters. The molecule has 3 atom stereocenters. The van der Waals surface area contributed by atoms with Crippen LogP contribution in [0.1, 0.15) is 58.4 Å². The lowest BCUT2D eigenvalue weighted by molar-refractivity contribution is -0.132. The Kier molecular flexibility index (Phi) is 11.1. The second-order valence-corrected chi connectivity index (χ2v) is 9.41. The first-order valence-electron chi connectivity index (χ1n) is 13.2. The van der Waals surface area contributed by atoms with Crippen LogP contribution in [-0.4, -0.2) is 42.1 Å². The maximum atomic E-state index is 13.7. The number of hydrogen-bond acceptors (Lipinski definition) is 6. The Morgan fingerprint density at radius 3 is 1.80 bits per heavy atom. The Bertz CT molecular complexity index is 1350. The highest BCUT2D eigenvalue weighted by Crippen LogP contribution is 2.18. The van der Waals surface area contributed by atoms with Gasteiger partial charge in [-0.15, -0.1) is 0 Å². The lowest BCUT2D eigenvalue weighted by Gasteiger charge is -2.25. The molecule has 0 fully saturated rings. The molecule has 0 aromatic heterocycles. The minimum Gasteiger partial charge on any atom is -0.384 e. The Hall–Kier alpha value is -5.03. The summed E-state index contributed by atoms with van der Waals surface area (Å²) < 4.78 is 0. The minimum absolute atomic E-state index is 0.148. The van der Waals surface area contributed by atoms with Crippen molar-refractivity contribution in [3.63, 3.8) is 0 Å². The number of amides is 4. The molecule has 0 heterocycles. The fourth-order valence-corrected chi connectivity index (χ4v) is 4.18. The van der Waals surface area contributed by atoms with Crippen LogP contribution in [0.15, 0.2) is 84.9 Å². The predicted molar refractivity (Wildman–Crippen MR) is 155 cm³/mol. The summed E-state index contributed by atoms with van der Waals surface area (Å²) in [4.78, 5) is 52.3. The second-order valence-electron chi connectivity index (χ2n) is 9.41. The molecule has 214 valence electrons. The van der Waals surface area contributed by atoms with Gasteiger partial charge in [0.25, 0.3) is 5.91 Å². The van der Waals surface area contributed by atoms with Crippen LogP contribution in [0.3, 0.4) is 0 Å². The SMILES string of the molecule is N=C(N)c1ccc([C@H](NC(=O)c2ccccc2)C(=O)N[C@@H](CCCCN)C(=O)N[C@H](C(N)=O)c2ccccc2)cc1. The summed E-state index contributed by atoms with van der Waals surface area (Å²) in [6, 6.07) is 19.9. The van der Waals surface area contributed by atoms with Crippen LogP contribution in [0.2, 0.25) is 0 Å². The van der Waals surface area contributed by atoms with Crippen molar-refractivity contribution in [3.05, 3.63) is 107 Å². The van der Waals surface area contributed by atoms with E-state index in [-0.39, 0.29) is 12.3 Å². The summed E-state index contributed by atoms with van der Waals surface area (Å²) in [6.45, 7) is 0.397. The van der Waals surface area contributed by atoms with Gasteiger partial charge in [-0.05, 0) is 49.1 Å². The smallest absolute Gasteiger partial charge is 0.252 e. The number of primary amides is 1. The van der Waals surface area contributed by atoms with E-state index in [4.69, 9.17) is 22.6 Å². The van der Waals surface area contributed by atoms with Crippen LogP contribution in [0, 0.1) is 5.41 Å². The molecule has 0 spiro atoms. The van der Waals surface area contributed by atoms with E-state index in [1.54, 1.807) is 84.9 Å². The minimum atomic E-state index is -1.19. The molecule has 3 aromatic rings. The highest BCUT2D eigenvalue weighted by Gasteiger charge is 2.30. The van der Waals surface area contributed by atoms with Gasteiger partial charge in [0.15, 0.2) is 0 Å². The quantitative estimate of drug-likeness (QED) is 0.0885. The van der Waals surface area contributed by atoms with Crippen LogP contribution >= 0.6 is 0 Å². The molecule has 0 bridgehead atoms. The van der Waals surface area contributed by atoms with E-state index in [0.717, 1.165) is 0 Å². The van der Waals surface area contributed by atoms with E-state index >= 15 is 0 Å². The van der Waals surface area contributed by atoms with E-state index in [1.807, 2.05) is 0 Å². The maximum Gasteiger partial charge on any atom is 0.252 e. The molecule has 11 heteroatoms. The molecule has 0 aliphatic carbocycles. The number of nitrogens with one attached hydrogen (secondary N) is 4. The number of carbonyl (C=O) groups is 4. The molecular weight excluding hydrogens is 522 g/mol. The van der Waals surface area contributed by atoms with Gasteiger partial charge in [0, 0.05) is 11.1 Å². The third-order valence-corrected chi connectivity index (χ3v) is 6.41. The molecule has 0 aliphatic heterocycles. The molecular formula is C30H35N7O4. The highest BCUT2D eigenvalue weighted by atomic mass is 16.2. The first-order chi connectivity index (χ1) is 19.7. The average Bonchev–Trinajstić information content (AvgIpc) is 2.98. The van der Waals surface area contributed by atoms with Gasteiger partial charge in [0.05, 0.1) is 0 Å². The zero-order valence-corrected chi connectivity index (χ0v) is 22.5. The van der Waals surface area contributed by atoms with Gasteiger partial charge in [-0.1, -0.05) is 72.8 Å². The first-order valence-corrected chi connectivity index (χ1v) is 13.2. The summed E-state index contributed by atoms with van der Waals surface area (Å²) in [5, 5.41) is 15.8. The first kappa shape index (κ1) is 30.5. The molecule has 11 nitrogen and oxygen atoms in total. The number of hydrogen-bond donors (Lipinski definition) is 7. The van der Waals surface area contributed by atoms with Gasteiger partial charge >= 0.3 is 0 Å². The van der Waals surface area contributed by atoms with Gasteiger partial charge in [-0.25, -0.2) is 0 Å². The Morgan fingerprint density at radius 1 is 0.659 bits per heavy atom. The summed E-state index contributed by atoms with van der Waals surface area (Å²) in [5.41, 5.74) is 18.5. The number of unbranched alkanes of at least 4 members (excludes halogenated alkanes) is 1. The second kappa shape index (κ2) is 14.9. The standard InChI is InChI=1S/C30H35N7O4/c31-18-8-7-13-23(29(40)36-24(27(34)38)19-9-3-1-4-10-19)35-30(41)25(20-14-16-21(17-15-20)26(32)33)37-28(39)22-11-5-2-6-12-22/h1-6,9-12,14-17,23-25H,7-8,13,18,31H2,(H3,32,33)(H2,34,38)(H,35,41)(H,36,40)(H,37,39)/t23-,24-,25-/m0/s1. The molecule has 3 aromatic carbocycles. The van der Waals surface area contributed by atoms with Crippen molar-refractivity contribution in [3.8, 4) is 0 Å². The van der Waals surface area contributed by atoms with Crippen LogP contribution in [0.25, 0.3) is 0 Å². The summed E-state index contributed by atoms with van der Waals surface area (Å²) in [6.07, 6.45) is 1.37. The van der Waals surface area contributed by atoms with E-state index in [1.165, 1.54) is 0 Å². The van der Waals surface area contributed by atoms with Crippen molar-refractivity contribution in [1.29, 1.82) is 5.41 Å². The number of amidine groups is 1. The van der Waals surface area contributed by atoms with Crippen LogP contribution in [-0.2, 0) is 14.4 Å². The zero-order valence-electron chi connectivity index (χ0n) is 22.5. The molecule has 0 radical (unpaired) electrons. The molecule has 0 aliphatic rings. The normalized spacial score (nSPS) is 12.8. The van der Waals surface area contributed by atoms with Crippen molar-refractivity contribution < 1.29 is 19.2 Å². The predicted octanol–water partition coefficient (Wildman–Crippen LogP) is 1.40. The third-order valence-electron chi connectivity index (χ3n) is 6.41. The monoisotopic (exact) mass is 557 g/mol. The number of nitrogens with two attached hydrogens (primary N) is 3. The molecule has 4 amide bonds. The maximum absolute atomic E-state index is 13.7. The zero-order chi connectivity index (χ0) is 29.8. The van der Waals surface area contributed by atoms with E-state index in [0.29, 0.717) is 41.6 Å². The Balaban J connectivity index is 1.88. The van der Waals surface area contributed by atoms with Gasteiger partial charge < -0.3 is 33.2 Å². The lowest BCUT2D eigenvalue weighted by Crippen LogP contribution is -2.52. The van der Waals surface area contributed by atoms with E-state index < -0.39 is 41.8 Å². The van der Waals surface area contributed by atoms with Crippen LogP contribution < -0.4 is 33.2 Å². The fourth-order valence-electron chi connectivity index (χ4n) is 4.18. The topological polar surface area (TPSA) is 206 Å². The van der Waals surface area contributed by atoms with Gasteiger partial charge in [0.2, 0.25) is 17.7 Å². The summed E-state index contributed by atoms with van der Waals surface area (Å²) >= 11 is 0. The number of rotatable bonds is 14. The van der Waals surface area contributed by atoms with Gasteiger partial charge in [-0.3, -0.25) is 24.6 Å². The van der Waals surface area contributed by atoms with Crippen molar-refractivity contribution in [2.45, 2.75) is 37.4 Å². The van der Waals surface area contributed by atoms with Crippen molar-refractivity contribution in [1.82, 2.24) is 16.0 Å². The average molecular weight is 558 g/mol. The number of benzene rings is 3. The third kappa shape index (κ3) is 8.73. The molecule has 10 N–H and O–H groups in total. The van der Waals surface area contributed by atoms with Crippen molar-refractivity contribution in [2.24, 2.45) is 17.2 Å². The summed E-state index contributed by atoms with van der Waals surface area (Å²) in [7, 11) is 0. The van der Waals surface area contributed by atoms with E-state index in [9.17, 15) is 19.2 Å². The van der Waals surface area contributed by atoms with Crippen LogP contribution in [0.4, 0.5) is 0 Å². The fraction of sp³-hybridized carbons (Fsp3) is 0.233.